The van der Waals surface area contributed by atoms with Crippen molar-refractivity contribution in [2.45, 2.75) is 58.1 Å². The second kappa shape index (κ2) is 3.75. The van der Waals surface area contributed by atoms with Crippen molar-refractivity contribution >= 4 is 0 Å². The standard InChI is InChI=1S/C10H21NO/c1-3-9(11)10(2)6-4-8(12)5-7-10/h8-9,12H,3-7,11H2,1-2H3/t8-,9?,10+. The molecule has 1 unspecified atom stereocenters. The summed E-state index contributed by atoms with van der Waals surface area (Å²) < 4.78 is 0. The van der Waals surface area contributed by atoms with Gasteiger partial charge in [-0.2, -0.15) is 0 Å². The first-order chi connectivity index (χ1) is 5.58. The fourth-order valence-corrected chi connectivity index (χ4v) is 2.13. The molecule has 0 aliphatic heterocycles. The van der Waals surface area contributed by atoms with Gasteiger partial charge in [0, 0.05) is 6.04 Å². The van der Waals surface area contributed by atoms with Crippen molar-refractivity contribution in [3.05, 3.63) is 0 Å². The molecule has 1 saturated carbocycles. The van der Waals surface area contributed by atoms with Crippen LogP contribution in [-0.2, 0) is 0 Å². The van der Waals surface area contributed by atoms with Crippen LogP contribution in [0.15, 0.2) is 0 Å². The van der Waals surface area contributed by atoms with Crippen LogP contribution in [0.5, 0.6) is 0 Å². The number of aliphatic hydroxyl groups is 1. The third kappa shape index (κ3) is 1.99. The fraction of sp³-hybridized carbons (Fsp3) is 1.00. The van der Waals surface area contributed by atoms with Crippen molar-refractivity contribution in [1.82, 2.24) is 0 Å². The van der Waals surface area contributed by atoms with Gasteiger partial charge in [-0.1, -0.05) is 13.8 Å². The van der Waals surface area contributed by atoms with Gasteiger partial charge in [0.15, 0.2) is 0 Å². The molecule has 0 amide bonds. The summed E-state index contributed by atoms with van der Waals surface area (Å²) in [5.41, 5.74) is 6.33. The Labute approximate surface area is 75.2 Å². The summed E-state index contributed by atoms with van der Waals surface area (Å²) in [5.74, 6) is 0. The molecule has 0 aromatic carbocycles. The highest BCUT2D eigenvalue weighted by Crippen LogP contribution is 2.38. The van der Waals surface area contributed by atoms with Crippen LogP contribution in [0.3, 0.4) is 0 Å². The summed E-state index contributed by atoms with van der Waals surface area (Å²) in [6.45, 7) is 4.40. The van der Waals surface area contributed by atoms with Crippen molar-refractivity contribution in [2.24, 2.45) is 11.1 Å². The summed E-state index contributed by atoms with van der Waals surface area (Å²) in [6.07, 6.45) is 5.02. The van der Waals surface area contributed by atoms with E-state index < -0.39 is 0 Å². The van der Waals surface area contributed by atoms with E-state index in [2.05, 4.69) is 13.8 Å². The molecule has 1 rings (SSSR count). The monoisotopic (exact) mass is 171 g/mol. The van der Waals surface area contributed by atoms with Gasteiger partial charge >= 0.3 is 0 Å². The van der Waals surface area contributed by atoms with E-state index in [0.29, 0.717) is 6.04 Å². The third-order valence-electron chi connectivity index (χ3n) is 3.43. The molecule has 72 valence electrons. The van der Waals surface area contributed by atoms with E-state index in [9.17, 15) is 5.11 Å². The molecule has 1 aliphatic carbocycles. The average molecular weight is 171 g/mol. The smallest absolute Gasteiger partial charge is 0.0540 e. The summed E-state index contributed by atoms with van der Waals surface area (Å²) in [4.78, 5) is 0. The van der Waals surface area contributed by atoms with Gasteiger partial charge in [-0.3, -0.25) is 0 Å². The SMILES string of the molecule is CCC(N)[C@]1(C)CC[C@H](O)CC1. The lowest BCUT2D eigenvalue weighted by atomic mass is 9.69. The van der Waals surface area contributed by atoms with Gasteiger partial charge < -0.3 is 10.8 Å². The Morgan fingerprint density at radius 1 is 1.50 bits per heavy atom. The lowest BCUT2D eigenvalue weighted by Gasteiger charge is -2.40. The molecule has 1 aliphatic rings. The van der Waals surface area contributed by atoms with Crippen LogP contribution in [0.2, 0.25) is 0 Å². The third-order valence-corrected chi connectivity index (χ3v) is 3.43. The predicted molar refractivity (Wildman–Crippen MR) is 50.8 cm³/mol. The zero-order valence-electron chi connectivity index (χ0n) is 8.21. The number of hydrogen-bond donors (Lipinski definition) is 2. The Balaban J connectivity index is 2.49. The minimum absolute atomic E-state index is 0.0675. The summed E-state index contributed by atoms with van der Waals surface area (Å²) in [7, 11) is 0. The van der Waals surface area contributed by atoms with Gasteiger partial charge in [0.2, 0.25) is 0 Å². The van der Waals surface area contributed by atoms with E-state index in [4.69, 9.17) is 5.73 Å². The van der Waals surface area contributed by atoms with E-state index in [-0.39, 0.29) is 11.5 Å². The first-order valence-corrected chi connectivity index (χ1v) is 5.02. The fourth-order valence-electron chi connectivity index (χ4n) is 2.13. The summed E-state index contributed by atoms with van der Waals surface area (Å²) in [6, 6.07) is 0.310. The van der Waals surface area contributed by atoms with Crippen molar-refractivity contribution < 1.29 is 5.11 Å². The van der Waals surface area contributed by atoms with Crippen LogP contribution in [-0.4, -0.2) is 17.3 Å². The van der Waals surface area contributed by atoms with Gasteiger partial charge in [-0.25, -0.2) is 0 Å². The van der Waals surface area contributed by atoms with Gasteiger partial charge in [-0.15, -0.1) is 0 Å². The largest absolute Gasteiger partial charge is 0.393 e. The molecular weight excluding hydrogens is 150 g/mol. The molecule has 0 aromatic heterocycles. The van der Waals surface area contributed by atoms with E-state index in [1.165, 1.54) is 0 Å². The van der Waals surface area contributed by atoms with E-state index in [0.717, 1.165) is 32.1 Å². The van der Waals surface area contributed by atoms with E-state index in [1.54, 1.807) is 0 Å². The highest BCUT2D eigenvalue weighted by molar-refractivity contribution is 4.89. The van der Waals surface area contributed by atoms with Crippen molar-refractivity contribution in [1.29, 1.82) is 0 Å². The Hall–Kier alpha value is -0.0800. The maximum Gasteiger partial charge on any atom is 0.0540 e. The number of aliphatic hydroxyl groups excluding tert-OH is 1. The highest BCUT2D eigenvalue weighted by Gasteiger charge is 2.34. The molecule has 0 aromatic rings. The highest BCUT2D eigenvalue weighted by atomic mass is 16.3. The molecule has 2 heteroatoms. The Kier molecular flexibility index (Phi) is 3.13. The Morgan fingerprint density at radius 2 is 2.00 bits per heavy atom. The van der Waals surface area contributed by atoms with Crippen molar-refractivity contribution in [3.8, 4) is 0 Å². The Morgan fingerprint density at radius 3 is 2.42 bits per heavy atom. The van der Waals surface area contributed by atoms with Crippen LogP contribution in [0.1, 0.15) is 46.0 Å². The lowest BCUT2D eigenvalue weighted by molar-refractivity contribution is 0.0569. The van der Waals surface area contributed by atoms with Crippen LogP contribution < -0.4 is 5.73 Å². The van der Waals surface area contributed by atoms with Crippen molar-refractivity contribution in [2.75, 3.05) is 0 Å². The molecule has 0 saturated heterocycles. The normalized spacial score (nSPS) is 39.5. The molecule has 0 heterocycles. The number of nitrogens with two attached hydrogens (primary N) is 1. The number of hydrogen-bond acceptors (Lipinski definition) is 2. The molecule has 1 fully saturated rings. The molecule has 3 N–H and O–H groups in total. The summed E-state index contributed by atoms with van der Waals surface area (Å²) in [5, 5.41) is 9.36. The minimum Gasteiger partial charge on any atom is -0.393 e. The van der Waals surface area contributed by atoms with Crippen molar-refractivity contribution in [3.63, 3.8) is 0 Å². The van der Waals surface area contributed by atoms with Gasteiger partial charge in [0.1, 0.15) is 0 Å². The molecule has 1 atom stereocenters. The van der Waals surface area contributed by atoms with Gasteiger partial charge in [0.25, 0.3) is 0 Å². The second-order valence-electron chi connectivity index (χ2n) is 4.40. The van der Waals surface area contributed by atoms with Gasteiger partial charge in [0.05, 0.1) is 6.10 Å². The van der Waals surface area contributed by atoms with Crippen LogP contribution in [0.25, 0.3) is 0 Å². The molecule has 12 heavy (non-hydrogen) atoms. The second-order valence-corrected chi connectivity index (χ2v) is 4.40. The Bertz CT molecular complexity index is 139. The maximum atomic E-state index is 9.36. The first-order valence-electron chi connectivity index (χ1n) is 5.02. The van der Waals surface area contributed by atoms with Crippen LogP contribution >= 0.6 is 0 Å². The van der Waals surface area contributed by atoms with Crippen LogP contribution in [0, 0.1) is 5.41 Å². The van der Waals surface area contributed by atoms with Gasteiger partial charge in [-0.05, 0) is 37.5 Å². The predicted octanol–water partition coefficient (Wildman–Crippen LogP) is 1.66. The minimum atomic E-state index is -0.0675. The first kappa shape index (κ1) is 10.0. The number of rotatable bonds is 2. The summed E-state index contributed by atoms with van der Waals surface area (Å²) >= 11 is 0. The molecule has 0 bridgehead atoms. The quantitative estimate of drug-likeness (QED) is 0.664. The van der Waals surface area contributed by atoms with E-state index in [1.807, 2.05) is 0 Å². The maximum absolute atomic E-state index is 9.36. The average Bonchev–Trinajstić information content (AvgIpc) is 2.09. The van der Waals surface area contributed by atoms with Crippen LogP contribution in [0.4, 0.5) is 0 Å². The topological polar surface area (TPSA) is 46.2 Å². The molecule has 2 nitrogen and oxygen atoms in total. The zero-order chi connectivity index (χ0) is 9.19. The molecular formula is C10H21NO. The molecule has 0 radical (unpaired) electrons. The lowest BCUT2D eigenvalue weighted by Crippen LogP contribution is -2.42. The zero-order valence-corrected chi connectivity index (χ0v) is 8.21. The molecule has 0 spiro atoms. The van der Waals surface area contributed by atoms with E-state index >= 15 is 0 Å².